The molecule has 2 nitrogen and oxygen atoms in total. The molecule has 0 radical (unpaired) electrons. The van der Waals surface area contributed by atoms with Crippen molar-refractivity contribution in [3.05, 3.63) is 0 Å². The molecule has 2 atom stereocenters. The molecule has 0 aliphatic carbocycles. The Balaban J connectivity index is 4.01. The van der Waals surface area contributed by atoms with Gasteiger partial charge in [0.15, 0.2) is 0 Å². The monoisotopic (exact) mass is 228 g/mol. The predicted molar refractivity (Wildman–Crippen MR) is 73.6 cm³/mol. The van der Waals surface area contributed by atoms with Crippen molar-refractivity contribution in [1.29, 1.82) is 0 Å². The van der Waals surface area contributed by atoms with E-state index in [1.165, 1.54) is 12.8 Å². The highest BCUT2D eigenvalue weighted by molar-refractivity contribution is 4.81. The van der Waals surface area contributed by atoms with Gasteiger partial charge in [-0.25, -0.2) is 0 Å². The van der Waals surface area contributed by atoms with Crippen molar-refractivity contribution in [3.8, 4) is 0 Å². The minimum absolute atomic E-state index is 0.0770. The van der Waals surface area contributed by atoms with E-state index >= 15 is 0 Å². The second-order valence-electron chi connectivity index (χ2n) is 6.88. The topological polar surface area (TPSA) is 38.0 Å². The van der Waals surface area contributed by atoms with Crippen LogP contribution in [-0.2, 0) is 0 Å². The van der Waals surface area contributed by atoms with Crippen molar-refractivity contribution in [2.24, 2.45) is 11.1 Å². The summed E-state index contributed by atoms with van der Waals surface area (Å²) in [5, 5.41) is 3.65. The highest BCUT2D eigenvalue weighted by Crippen LogP contribution is 2.26. The molecule has 0 aromatic heterocycles. The minimum Gasteiger partial charge on any atom is -0.326 e. The van der Waals surface area contributed by atoms with Crippen molar-refractivity contribution in [2.45, 2.75) is 85.4 Å². The molecule has 0 fully saturated rings. The van der Waals surface area contributed by atoms with Crippen LogP contribution in [0.3, 0.4) is 0 Å². The van der Waals surface area contributed by atoms with Crippen LogP contribution in [0.4, 0.5) is 0 Å². The van der Waals surface area contributed by atoms with Gasteiger partial charge < -0.3 is 11.1 Å². The maximum absolute atomic E-state index is 6.03. The smallest absolute Gasteiger partial charge is 0.0112 e. The Labute approximate surface area is 102 Å². The summed E-state index contributed by atoms with van der Waals surface area (Å²) >= 11 is 0. The van der Waals surface area contributed by atoms with E-state index in [0.29, 0.717) is 17.5 Å². The Kier molecular flexibility index (Phi) is 5.99. The molecule has 98 valence electrons. The van der Waals surface area contributed by atoms with Gasteiger partial charge >= 0.3 is 0 Å². The zero-order valence-corrected chi connectivity index (χ0v) is 12.4. The molecule has 16 heavy (non-hydrogen) atoms. The van der Waals surface area contributed by atoms with Gasteiger partial charge in [0.05, 0.1) is 0 Å². The fourth-order valence-electron chi connectivity index (χ4n) is 2.37. The molecular weight excluding hydrogens is 196 g/mol. The summed E-state index contributed by atoms with van der Waals surface area (Å²) in [5.74, 6) is 0. The zero-order valence-electron chi connectivity index (χ0n) is 12.4. The number of rotatable bonds is 7. The van der Waals surface area contributed by atoms with E-state index in [4.69, 9.17) is 5.73 Å². The fourth-order valence-corrected chi connectivity index (χ4v) is 2.37. The quantitative estimate of drug-likeness (QED) is 0.701. The first kappa shape index (κ1) is 15.9. The lowest BCUT2D eigenvalue weighted by Gasteiger charge is -2.31. The van der Waals surface area contributed by atoms with Gasteiger partial charge in [-0.05, 0) is 46.0 Å². The normalized spacial score (nSPS) is 17.2. The summed E-state index contributed by atoms with van der Waals surface area (Å²) in [6.45, 7) is 15.6. The van der Waals surface area contributed by atoms with Crippen LogP contribution in [-0.4, -0.2) is 17.6 Å². The maximum atomic E-state index is 6.03. The molecule has 0 amide bonds. The van der Waals surface area contributed by atoms with Crippen molar-refractivity contribution in [1.82, 2.24) is 5.32 Å². The maximum Gasteiger partial charge on any atom is 0.0112 e. The average Bonchev–Trinajstić information content (AvgIpc) is 1.98. The lowest BCUT2D eigenvalue weighted by Crippen LogP contribution is -2.44. The molecule has 0 saturated heterocycles. The Hall–Kier alpha value is -0.0800. The first-order chi connectivity index (χ1) is 7.06. The van der Waals surface area contributed by atoms with Gasteiger partial charge in [0.1, 0.15) is 0 Å². The van der Waals surface area contributed by atoms with Gasteiger partial charge in [0, 0.05) is 17.6 Å². The molecule has 2 heteroatoms. The van der Waals surface area contributed by atoms with Crippen LogP contribution < -0.4 is 11.1 Å². The van der Waals surface area contributed by atoms with Gasteiger partial charge in [0.25, 0.3) is 0 Å². The van der Waals surface area contributed by atoms with Crippen LogP contribution in [0.1, 0.15) is 67.7 Å². The first-order valence-corrected chi connectivity index (χ1v) is 6.60. The lowest BCUT2D eigenvalue weighted by atomic mass is 9.83. The highest BCUT2D eigenvalue weighted by Gasteiger charge is 2.21. The summed E-state index contributed by atoms with van der Waals surface area (Å²) in [6, 6.07) is 1.05. The second kappa shape index (κ2) is 6.02. The summed E-state index contributed by atoms with van der Waals surface area (Å²) in [5.41, 5.74) is 6.38. The van der Waals surface area contributed by atoms with Gasteiger partial charge in [-0.3, -0.25) is 0 Å². The fraction of sp³-hybridized carbons (Fsp3) is 1.00. The number of hydrogen-bond acceptors (Lipinski definition) is 2. The second-order valence-corrected chi connectivity index (χ2v) is 6.88. The zero-order chi connectivity index (χ0) is 13.0. The summed E-state index contributed by atoms with van der Waals surface area (Å²) < 4.78 is 0. The van der Waals surface area contributed by atoms with E-state index < -0.39 is 0 Å². The van der Waals surface area contributed by atoms with E-state index in [9.17, 15) is 0 Å². The molecule has 0 saturated carbocycles. The molecule has 0 aliphatic heterocycles. The van der Waals surface area contributed by atoms with Gasteiger partial charge in [-0.1, -0.05) is 27.2 Å². The Bertz CT molecular complexity index is 191. The van der Waals surface area contributed by atoms with Crippen molar-refractivity contribution in [3.63, 3.8) is 0 Å². The molecule has 0 aliphatic rings. The predicted octanol–water partition coefficient (Wildman–Crippen LogP) is 3.31. The molecule has 2 unspecified atom stereocenters. The summed E-state index contributed by atoms with van der Waals surface area (Å²) in [7, 11) is 0. The SMILES string of the molecule is CCC(C)(C)CC(C)NC(C)CC(C)(C)N. The van der Waals surface area contributed by atoms with Crippen LogP contribution in [0, 0.1) is 5.41 Å². The van der Waals surface area contributed by atoms with Crippen LogP contribution >= 0.6 is 0 Å². The summed E-state index contributed by atoms with van der Waals surface area (Å²) in [6.07, 6.45) is 3.47. The molecule has 0 spiro atoms. The van der Waals surface area contributed by atoms with Crippen molar-refractivity contribution in [2.75, 3.05) is 0 Å². The Morgan fingerprint density at radius 2 is 1.44 bits per heavy atom. The molecule has 3 N–H and O–H groups in total. The molecule has 0 aromatic carbocycles. The van der Waals surface area contributed by atoms with Gasteiger partial charge in [0.2, 0.25) is 0 Å². The number of nitrogens with one attached hydrogen (secondary N) is 1. The van der Waals surface area contributed by atoms with Crippen LogP contribution in [0.15, 0.2) is 0 Å². The number of nitrogens with two attached hydrogens (primary N) is 1. The van der Waals surface area contributed by atoms with E-state index in [2.05, 4.69) is 53.8 Å². The van der Waals surface area contributed by atoms with E-state index in [1.54, 1.807) is 0 Å². The van der Waals surface area contributed by atoms with Crippen LogP contribution in [0.2, 0.25) is 0 Å². The van der Waals surface area contributed by atoms with Gasteiger partial charge in [-0.15, -0.1) is 0 Å². The van der Waals surface area contributed by atoms with E-state index in [1.807, 2.05) is 0 Å². The van der Waals surface area contributed by atoms with Crippen molar-refractivity contribution >= 4 is 0 Å². The van der Waals surface area contributed by atoms with Crippen molar-refractivity contribution < 1.29 is 0 Å². The largest absolute Gasteiger partial charge is 0.326 e. The Morgan fingerprint density at radius 3 is 1.81 bits per heavy atom. The molecule has 0 bridgehead atoms. The van der Waals surface area contributed by atoms with Crippen LogP contribution in [0.5, 0.6) is 0 Å². The third kappa shape index (κ3) is 8.12. The number of hydrogen-bond donors (Lipinski definition) is 2. The first-order valence-electron chi connectivity index (χ1n) is 6.60. The minimum atomic E-state index is -0.0770. The third-order valence-corrected chi connectivity index (χ3v) is 3.22. The molecule has 0 heterocycles. The van der Waals surface area contributed by atoms with Gasteiger partial charge in [-0.2, -0.15) is 0 Å². The highest BCUT2D eigenvalue weighted by atomic mass is 14.9. The molecular formula is C14H32N2. The lowest BCUT2D eigenvalue weighted by molar-refractivity contribution is 0.259. The van der Waals surface area contributed by atoms with E-state index in [0.717, 1.165) is 6.42 Å². The Morgan fingerprint density at radius 1 is 1.00 bits per heavy atom. The summed E-state index contributed by atoms with van der Waals surface area (Å²) in [4.78, 5) is 0. The third-order valence-electron chi connectivity index (χ3n) is 3.22. The average molecular weight is 228 g/mol. The molecule has 0 rings (SSSR count). The van der Waals surface area contributed by atoms with Crippen LogP contribution in [0.25, 0.3) is 0 Å². The molecule has 0 aromatic rings. The van der Waals surface area contributed by atoms with E-state index in [-0.39, 0.29) is 5.54 Å². The standard InChI is InChI=1S/C14H32N2/c1-8-13(4,5)9-11(2)16-12(3)10-14(6,7)15/h11-12,16H,8-10,15H2,1-7H3.